The van der Waals surface area contributed by atoms with Crippen molar-refractivity contribution in [2.75, 3.05) is 14.1 Å². The van der Waals surface area contributed by atoms with E-state index in [2.05, 4.69) is 4.72 Å². The van der Waals surface area contributed by atoms with Gasteiger partial charge in [0.2, 0.25) is 15.9 Å². The van der Waals surface area contributed by atoms with Crippen LogP contribution in [0.15, 0.2) is 24.3 Å². The van der Waals surface area contributed by atoms with E-state index in [1.54, 1.807) is 38.4 Å². The van der Waals surface area contributed by atoms with Crippen LogP contribution < -0.4 is 4.72 Å². The van der Waals surface area contributed by atoms with Crippen molar-refractivity contribution in [3.8, 4) is 6.07 Å². The summed E-state index contributed by atoms with van der Waals surface area (Å²) < 4.78 is 26.3. The highest BCUT2D eigenvalue weighted by Gasteiger charge is 2.22. The van der Waals surface area contributed by atoms with Crippen LogP contribution in [-0.4, -0.2) is 39.4 Å². The molecule has 1 amide bonds. The SMILES string of the molecule is CC(NS(=O)(=O)Cc1ccccc1C#N)C(=O)N(C)C. The second-order valence-corrected chi connectivity index (χ2v) is 6.35. The Labute approximate surface area is 119 Å². The second kappa shape index (κ2) is 6.50. The average Bonchev–Trinajstić information content (AvgIpc) is 2.37. The number of benzene rings is 1. The fraction of sp³-hybridized carbons (Fsp3) is 0.385. The minimum atomic E-state index is -3.69. The van der Waals surface area contributed by atoms with Gasteiger partial charge in [-0.05, 0) is 18.6 Å². The molecular weight excluding hydrogens is 278 g/mol. The molecule has 0 heterocycles. The Morgan fingerprint density at radius 1 is 1.40 bits per heavy atom. The molecule has 1 aromatic carbocycles. The topological polar surface area (TPSA) is 90.3 Å². The largest absolute Gasteiger partial charge is 0.347 e. The zero-order valence-electron chi connectivity index (χ0n) is 11.6. The van der Waals surface area contributed by atoms with Gasteiger partial charge in [0.1, 0.15) is 0 Å². The predicted octanol–water partition coefficient (Wildman–Crippen LogP) is 0.454. The summed E-state index contributed by atoms with van der Waals surface area (Å²) in [5.74, 6) is -0.663. The van der Waals surface area contributed by atoms with E-state index < -0.39 is 16.1 Å². The number of amides is 1. The first kappa shape index (κ1) is 16.1. The summed E-state index contributed by atoms with van der Waals surface area (Å²) in [7, 11) is -0.586. The highest BCUT2D eigenvalue weighted by Crippen LogP contribution is 2.11. The number of carbonyl (C=O) groups excluding carboxylic acids is 1. The number of nitrogens with one attached hydrogen (secondary N) is 1. The lowest BCUT2D eigenvalue weighted by molar-refractivity contribution is -0.130. The van der Waals surface area contributed by atoms with Crippen LogP contribution in [0, 0.1) is 11.3 Å². The molecule has 108 valence electrons. The van der Waals surface area contributed by atoms with Crippen molar-refractivity contribution >= 4 is 15.9 Å². The number of sulfonamides is 1. The van der Waals surface area contributed by atoms with Gasteiger partial charge in [-0.15, -0.1) is 0 Å². The number of nitriles is 1. The van der Waals surface area contributed by atoms with Crippen LogP contribution in [0.25, 0.3) is 0 Å². The summed E-state index contributed by atoms with van der Waals surface area (Å²) in [6.07, 6.45) is 0. The highest BCUT2D eigenvalue weighted by atomic mass is 32.2. The van der Waals surface area contributed by atoms with Crippen LogP contribution in [0.2, 0.25) is 0 Å². The van der Waals surface area contributed by atoms with Gasteiger partial charge < -0.3 is 4.90 Å². The average molecular weight is 295 g/mol. The van der Waals surface area contributed by atoms with E-state index in [1.165, 1.54) is 11.8 Å². The molecule has 0 saturated heterocycles. The molecule has 0 spiro atoms. The molecule has 20 heavy (non-hydrogen) atoms. The molecule has 0 bridgehead atoms. The molecule has 0 aliphatic rings. The Balaban J connectivity index is 2.86. The summed E-state index contributed by atoms with van der Waals surface area (Å²) in [6, 6.07) is 7.57. The van der Waals surface area contributed by atoms with Crippen molar-refractivity contribution in [3.63, 3.8) is 0 Å². The second-order valence-electron chi connectivity index (χ2n) is 4.60. The minimum Gasteiger partial charge on any atom is -0.347 e. The third-order valence-corrected chi connectivity index (χ3v) is 4.05. The number of hydrogen-bond donors (Lipinski definition) is 1. The lowest BCUT2D eigenvalue weighted by Crippen LogP contribution is -2.44. The Bertz CT molecular complexity index is 633. The molecule has 7 heteroatoms. The standard InChI is InChI=1S/C13H17N3O3S/c1-10(13(17)16(2)3)15-20(18,19)9-12-7-5-4-6-11(12)8-14/h4-7,10,15H,9H2,1-3H3. The van der Waals surface area contributed by atoms with Gasteiger partial charge in [0.25, 0.3) is 0 Å². The first-order chi connectivity index (χ1) is 9.26. The van der Waals surface area contributed by atoms with Crippen LogP contribution in [0.3, 0.4) is 0 Å². The fourth-order valence-electron chi connectivity index (χ4n) is 1.71. The Kier molecular flexibility index (Phi) is 5.25. The molecule has 1 atom stereocenters. The first-order valence-corrected chi connectivity index (χ1v) is 7.61. The summed E-state index contributed by atoms with van der Waals surface area (Å²) in [6.45, 7) is 1.48. The lowest BCUT2D eigenvalue weighted by atomic mass is 10.1. The zero-order valence-corrected chi connectivity index (χ0v) is 12.4. The number of hydrogen-bond acceptors (Lipinski definition) is 4. The summed E-state index contributed by atoms with van der Waals surface area (Å²) in [4.78, 5) is 13.0. The smallest absolute Gasteiger partial charge is 0.239 e. The molecule has 1 aromatic rings. The molecular formula is C13H17N3O3S. The van der Waals surface area contributed by atoms with E-state index in [-0.39, 0.29) is 11.7 Å². The molecule has 0 fully saturated rings. The van der Waals surface area contributed by atoms with Crippen LogP contribution in [0.4, 0.5) is 0 Å². The summed E-state index contributed by atoms with van der Waals surface area (Å²) in [5, 5.41) is 8.93. The normalized spacial score (nSPS) is 12.5. The molecule has 1 N–H and O–H groups in total. The number of carbonyl (C=O) groups is 1. The first-order valence-electron chi connectivity index (χ1n) is 5.96. The van der Waals surface area contributed by atoms with E-state index in [0.29, 0.717) is 11.1 Å². The third kappa shape index (κ3) is 4.33. The van der Waals surface area contributed by atoms with Crippen molar-refractivity contribution in [3.05, 3.63) is 35.4 Å². The van der Waals surface area contributed by atoms with Crippen LogP contribution in [-0.2, 0) is 20.6 Å². The minimum absolute atomic E-state index is 0.310. The molecule has 0 aromatic heterocycles. The predicted molar refractivity (Wildman–Crippen MR) is 75.1 cm³/mol. The third-order valence-electron chi connectivity index (χ3n) is 2.65. The van der Waals surface area contributed by atoms with E-state index in [9.17, 15) is 13.2 Å². The molecule has 6 nitrogen and oxygen atoms in total. The maximum atomic E-state index is 12.0. The van der Waals surface area contributed by atoms with Crippen LogP contribution in [0.5, 0.6) is 0 Å². The van der Waals surface area contributed by atoms with Crippen molar-refractivity contribution in [1.82, 2.24) is 9.62 Å². The monoisotopic (exact) mass is 295 g/mol. The van der Waals surface area contributed by atoms with Gasteiger partial charge in [-0.3, -0.25) is 4.79 Å². The van der Waals surface area contributed by atoms with Crippen LogP contribution in [0.1, 0.15) is 18.1 Å². The van der Waals surface area contributed by atoms with Crippen molar-refractivity contribution in [2.45, 2.75) is 18.7 Å². The summed E-state index contributed by atoms with van der Waals surface area (Å²) >= 11 is 0. The van der Waals surface area contributed by atoms with Crippen molar-refractivity contribution < 1.29 is 13.2 Å². The van der Waals surface area contributed by atoms with Gasteiger partial charge in [0.05, 0.1) is 23.4 Å². The Morgan fingerprint density at radius 3 is 2.55 bits per heavy atom. The molecule has 0 aliphatic carbocycles. The van der Waals surface area contributed by atoms with Gasteiger partial charge in [-0.25, -0.2) is 13.1 Å². The molecule has 1 unspecified atom stereocenters. The van der Waals surface area contributed by atoms with E-state index in [0.717, 1.165) is 0 Å². The molecule has 0 saturated carbocycles. The number of nitrogens with zero attached hydrogens (tertiary/aromatic N) is 2. The Morgan fingerprint density at radius 2 is 2.00 bits per heavy atom. The number of likely N-dealkylation sites (N-methyl/N-ethyl adjacent to an activating group) is 1. The molecule has 0 radical (unpaired) electrons. The van der Waals surface area contributed by atoms with Gasteiger partial charge in [-0.2, -0.15) is 5.26 Å². The zero-order chi connectivity index (χ0) is 15.3. The van der Waals surface area contributed by atoms with Crippen molar-refractivity contribution in [2.24, 2.45) is 0 Å². The molecule has 0 aliphatic heterocycles. The van der Waals surface area contributed by atoms with Gasteiger partial charge in [0, 0.05) is 14.1 Å². The quantitative estimate of drug-likeness (QED) is 0.854. The van der Waals surface area contributed by atoms with Gasteiger partial charge in [-0.1, -0.05) is 18.2 Å². The van der Waals surface area contributed by atoms with Gasteiger partial charge >= 0.3 is 0 Å². The summed E-state index contributed by atoms with van der Waals surface area (Å²) in [5.41, 5.74) is 0.719. The fourth-order valence-corrected chi connectivity index (χ4v) is 3.09. The van der Waals surface area contributed by atoms with Gasteiger partial charge in [0.15, 0.2) is 0 Å². The van der Waals surface area contributed by atoms with E-state index in [4.69, 9.17) is 5.26 Å². The Hall–Kier alpha value is -1.91. The van der Waals surface area contributed by atoms with Crippen LogP contribution >= 0.6 is 0 Å². The number of rotatable bonds is 5. The maximum Gasteiger partial charge on any atom is 0.239 e. The lowest BCUT2D eigenvalue weighted by Gasteiger charge is -2.18. The molecule has 1 rings (SSSR count). The van der Waals surface area contributed by atoms with Crippen molar-refractivity contribution in [1.29, 1.82) is 5.26 Å². The van der Waals surface area contributed by atoms with E-state index in [1.807, 2.05) is 6.07 Å². The van der Waals surface area contributed by atoms with E-state index >= 15 is 0 Å². The maximum absolute atomic E-state index is 12.0. The highest BCUT2D eigenvalue weighted by molar-refractivity contribution is 7.88.